The highest BCUT2D eigenvalue weighted by Crippen LogP contribution is 2.62. The molecule has 38 heavy (non-hydrogen) atoms. The molecule has 0 saturated carbocycles. The quantitative estimate of drug-likeness (QED) is 0.238. The summed E-state index contributed by atoms with van der Waals surface area (Å²) in [5.74, 6) is 0. The minimum absolute atomic E-state index is 0.135. The number of fused-ring (bicyclic) bond motifs is 2. The zero-order chi connectivity index (χ0) is 29.3. The number of hydrogen-bond acceptors (Lipinski definition) is 1. The van der Waals surface area contributed by atoms with E-state index in [0.29, 0.717) is 11.6 Å². The van der Waals surface area contributed by atoms with E-state index in [0.717, 1.165) is 44.5 Å². The van der Waals surface area contributed by atoms with E-state index < -0.39 is 0 Å². The lowest BCUT2D eigenvalue weighted by Crippen LogP contribution is -2.42. The first-order chi connectivity index (χ1) is 19.4. The second kappa shape index (κ2) is 8.60. The second-order valence-electron chi connectivity index (χ2n) is 12.1. The lowest BCUT2D eigenvalue weighted by atomic mass is 9.59. The Balaban J connectivity index is 1.65. The van der Waals surface area contributed by atoms with Gasteiger partial charge in [0.1, 0.15) is 0 Å². The van der Waals surface area contributed by atoms with Crippen molar-refractivity contribution in [1.82, 2.24) is 0 Å². The van der Waals surface area contributed by atoms with Gasteiger partial charge in [0, 0.05) is 16.8 Å². The summed E-state index contributed by atoms with van der Waals surface area (Å²) in [7, 11) is 0. The SMILES string of the molecule is [2H]c1c([2H])c2c(c([2H])c1-c1ccc(N(c3ccccc3)c3ccccc3)c3ccccc13)C(C)(C)C(C)(C)C2(C)C. The van der Waals surface area contributed by atoms with Crippen LogP contribution >= 0.6 is 0 Å². The molecule has 0 radical (unpaired) electrons. The first kappa shape index (κ1) is 21.1. The van der Waals surface area contributed by atoms with Crippen LogP contribution in [0.2, 0.25) is 0 Å². The fraction of sp³-hybridized carbons (Fsp3) is 0.243. The number of para-hydroxylation sites is 2. The van der Waals surface area contributed by atoms with Crippen molar-refractivity contribution in [2.75, 3.05) is 4.90 Å². The van der Waals surface area contributed by atoms with Gasteiger partial charge >= 0.3 is 0 Å². The van der Waals surface area contributed by atoms with Crippen LogP contribution in [0.3, 0.4) is 0 Å². The lowest BCUT2D eigenvalue weighted by molar-refractivity contribution is 0.125. The first-order valence-electron chi connectivity index (χ1n) is 15.0. The summed E-state index contributed by atoms with van der Waals surface area (Å²) in [6.07, 6.45) is 0. The standard InChI is InChI=1S/C37H37N/c1-35(2)32-23-21-26(25-33(32)36(3,4)37(35,5)6)29-22-24-34(31-20-14-13-19-30(29)31)38(27-15-9-7-10-16-27)28-17-11-8-12-18-28/h7-25H,1-6H3/i21D,23D,25D. The Bertz CT molecular complexity index is 1750. The summed E-state index contributed by atoms with van der Waals surface area (Å²) in [6.45, 7) is 13.2. The minimum Gasteiger partial charge on any atom is -0.310 e. The van der Waals surface area contributed by atoms with Crippen LogP contribution in [0.15, 0.2) is 115 Å². The predicted molar refractivity (Wildman–Crippen MR) is 164 cm³/mol. The maximum Gasteiger partial charge on any atom is 0.0632 e. The number of nitrogens with zero attached hydrogens (tertiary/aromatic N) is 1. The van der Waals surface area contributed by atoms with E-state index in [1.54, 1.807) is 0 Å². The maximum atomic E-state index is 9.58. The summed E-state index contributed by atoms with van der Waals surface area (Å²) < 4.78 is 28.1. The molecule has 0 aromatic heterocycles. The van der Waals surface area contributed by atoms with Crippen LogP contribution in [0.1, 0.15) is 56.8 Å². The van der Waals surface area contributed by atoms with Gasteiger partial charge in [-0.2, -0.15) is 0 Å². The van der Waals surface area contributed by atoms with Gasteiger partial charge in [0.15, 0.2) is 0 Å². The Morgan fingerprint density at radius 3 is 1.68 bits per heavy atom. The van der Waals surface area contributed by atoms with Crippen molar-refractivity contribution in [1.29, 1.82) is 0 Å². The number of anilines is 3. The van der Waals surface area contributed by atoms with Crippen LogP contribution in [0.25, 0.3) is 21.9 Å². The molecule has 0 amide bonds. The molecule has 0 N–H and O–H groups in total. The third-order valence-corrected chi connectivity index (χ3v) is 9.63. The molecule has 0 saturated heterocycles. The van der Waals surface area contributed by atoms with Gasteiger partial charge < -0.3 is 4.90 Å². The van der Waals surface area contributed by atoms with E-state index in [-0.39, 0.29) is 28.3 Å². The molecule has 5 aromatic carbocycles. The molecule has 0 bridgehead atoms. The Morgan fingerprint density at radius 2 is 1.08 bits per heavy atom. The third kappa shape index (κ3) is 3.45. The topological polar surface area (TPSA) is 3.24 Å². The summed E-state index contributed by atoms with van der Waals surface area (Å²) in [5, 5.41) is 2.00. The van der Waals surface area contributed by atoms with Crippen LogP contribution in [0.4, 0.5) is 17.1 Å². The first-order valence-corrected chi connectivity index (χ1v) is 13.5. The molecular weight excluding hydrogens is 458 g/mol. The number of benzene rings is 5. The van der Waals surface area contributed by atoms with E-state index in [9.17, 15) is 4.11 Å². The monoisotopic (exact) mass is 498 g/mol. The van der Waals surface area contributed by atoms with Crippen molar-refractivity contribution in [3.63, 3.8) is 0 Å². The van der Waals surface area contributed by atoms with Crippen molar-refractivity contribution in [2.24, 2.45) is 5.41 Å². The van der Waals surface area contributed by atoms with E-state index in [1.165, 1.54) is 0 Å². The van der Waals surface area contributed by atoms with Crippen LogP contribution in [-0.4, -0.2) is 0 Å². The highest BCUT2D eigenvalue weighted by molar-refractivity contribution is 6.06. The summed E-state index contributed by atoms with van der Waals surface area (Å²) >= 11 is 0. The predicted octanol–water partition coefficient (Wildman–Crippen LogP) is 10.6. The molecule has 0 fully saturated rings. The Morgan fingerprint density at radius 1 is 0.553 bits per heavy atom. The Labute approximate surface area is 232 Å². The number of hydrogen-bond donors (Lipinski definition) is 0. The Hall–Kier alpha value is -3.84. The van der Waals surface area contributed by atoms with Gasteiger partial charge in [0.05, 0.1) is 9.80 Å². The average Bonchev–Trinajstić information content (AvgIpc) is 3.07. The van der Waals surface area contributed by atoms with Crippen LogP contribution in [0.5, 0.6) is 0 Å². The lowest BCUT2D eigenvalue weighted by Gasteiger charge is -2.44. The van der Waals surface area contributed by atoms with Crippen molar-refractivity contribution in [3.8, 4) is 11.1 Å². The van der Waals surface area contributed by atoms with E-state index >= 15 is 0 Å². The zero-order valence-electron chi connectivity index (χ0n) is 26.2. The number of rotatable bonds is 4. The van der Waals surface area contributed by atoms with Gasteiger partial charge in [-0.1, -0.05) is 126 Å². The molecule has 1 aliphatic carbocycles. The molecule has 0 atom stereocenters. The van der Waals surface area contributed by atoms with E-state index in [1.807, 2.05) is 54.6 Å². The van der Waals surface area contributed by atoms with Crippen LogP contribution in [0, 0.1) is 5.41 Å². The van der Waals surface area contributed by atoms with E-state index in [4.69, 9.17) is 0 Å². The van der Waals surface area contributed by atoms with Gasteiger partial charge in [-0.15, -0.1) is 0 Å². The van der Waals surface area contributed by atoms with Crippen molar-refractivity contribution in [2.45, 2.75) is 52.4 Å². The zero-order valence-corrected chi connectivity index (χ0v) is 23.2. The second-order valence-corrected chi connectivity index (χ2v) is 12.1. The Kier molecular flexibility index (Phi) is 4.78. The fourth-order valence-electron chi connectivity index (χ4n) is 6.16. The summed E-state index contributed by atoms with van der Waals surface area (Å²) in [4.78, 5) is 2.25. The fourth-order valence-corrected chi connectivity index (χ4v) is 6.16. The smallest absolute Gasteiger partial charge is 0.0632 e. The molecule has 0 spiro atoms. The molecule has 0 aliphatic heterocycles. The molecule has 0 unspecified atom stereocenters. The third-order valence-electron chi connectivity index (χ3n) is 9.63. The van der Waals surface area contributed by atoms with Crippen LogP contribution < -0.4 is 4.90 Å². The van der Waals surface area contributed by atoms with Crippen molar-refractivity contribution >= 4 is 27.8 Å². The normalized spacial score (nSPS) is 17.9. The van der Waals surface area contributed by atoms with E-state index in [2.05, 4.69) is 88.9 Å². The maximum absolute atomic E-state index is 9.58. The van der Waals surface area contributed by atoms with Gasteiger partial charge in [-0.25, -0.2) is 0 Å². The molecule has 0 heterocycles. The highest BCUT2D eigenvalue weighted by Gasteiger charge is 2.56. The van der Waals surface area contributed by atoms with Crippen LogP contribution in [-0.2, 0) is 10.8 Å². The molecule has 5 aromatic rings. The molecule has 1 heteroatoms. The average molecular weight is 499 g/mol. The minimum atomic E-state index is -0.342. The van der Waals surface area contributed by atoms with Gasteiger partial charge in [0.25, 0.3) is 0 Å². The molecule has 1 aliphatic rings. The van der Waals surface area contributed by atoms with Gasteiger partial charge in [-0.3, -0.25) is 0 Å². The molecule has 1 nitrogen and oxygen atoms in total. The molecular formula is C37H37N. The highest BCUT2D eigenvalue weighted by atomic mass is 15.1. The summed E-state index contributed by atoms with van der Waals surface area (Å²) in [5.41, 5.74) is 5.38. The molecule has 6 rings (SSSR count). The summed E-state index contributed by atoms with van der Waals surface area (Å²) in [6, 6.07) is 33.8. The van der Waals surface area contributed by atoms with Gasteiger partial charge in [0.2, 0.25) is 0 Å². The van der Waals surface area contributed by atoms with Crippen molar-refractivity contribution in [3.05, 3.63) is 126 Å². The largest absolute Gasteiger partial charge is 0.310 e. The molecule has 190 valence electrons. The van der Waals surface area contributed by atoms with Gasteiger partial charge in [-0.05, 0) is 74.2 Å². The van der Waals surface area contributed by atoms with Crippen molar-refractivity contribution < 1.29 is 4.11 Å².